The molecule has 2 N–H and O–H groups in total. The third-order valence-electron chi connectivity index (χ3n) is 3.84. The van der Waals surface area contributed by atoms with Gasteiger partial charge < -0.3 is 15.4 Å². The van der Waals surface area contributed by atoms with Crippen LogP contribution in [-0.2, 0) is 9.53 Å². The second-order valence-corrected chi connectivity index (χ2v) is 5.19. The Hall–Kier alpha value is -1.72. The van der Waals surface area contributed by atoms with Gasteiger partial charge in [-0.25, -0.2) is 4.39 Å². The van der Waals surface area contributed by atoms with E-state index >= 15 is 0 Å². The molecule has 1 aromatic rings. The molecule has 0 radical (unpaired) electrons. The predicted molar refractivity (Wildman–Crippen MR) is 80.0 cm³/mol. The summed E-state index contributed by atoms with van der Waals surface area (Å²) in [6, 6.07) is 6.02. The SMILES string of the molecule is COC1CCN(C(=O)/C=C/c2ccc(F)cc2)C(CN)C1. The standard InChI is InChI=1S/C16H21FN2O2/c1-21-15-8-9-19(14(10-15)11-18)16(20)7-4-12-2-5-13(17)6-3-12/h2-7,14-15H,8-11,18H2,1H3/b7-4+. The molecule has 0 aliphatic carbocycles. The monoisotopic (exact) mass is 292 g/mol. The van der Waals surface area contributed by atoms with E-state index in [9.17, 15) is 9.18 Å². The molecule has 0 aromatic heterocycles. The van der Waals surface area contributed by atoms with Gasteiger partial charge in [0.25, 0.3) is 0 Å². The number of methoxy groups -OCH3 is 1. The molecule has 2 unspecified atom stereocenters. The Morgan fingerprint density at radius 1 is 1.48 bits per heavy atom. The van der Waals surface area contributed by atoms with Crippen molar-refractivity contribution in [3.63, 3.8) is 0 Å². The van der Waals surface area contributed by atoms with Crippen molar-refractivity contribution in [1.29, 1.82) is 0 Å². The van der Waals surface area contributed by atoms with Crippen molar-refractivity contribution < 1.29 is 13.9 Å². The molecule has 0 saturated carbocycles. The van der Waals surface area contributed by atoms with E-state index in [0.29, 0.717) is 13.1 Å². The first-order valence-corrected chi connectivity index (χ1v) is 7.11. The second kappa shape index (κ2) is 7.33. The minimum atomic E-state index is -0.289. The van der Waals surface area contributed by atoms with Gasteiger partial charge in [0.05, 0.1) is 6.10 Å². The highest BCUT2D eigenvalue weighted by molar-refractivity contribution is 5.92. The number of likely N-dealkylation sites (tertiary alicyclic amines) is 1. The number of carbonyl (C=O) groups excluding carboxylic acids is 1. The molecule has 5 heteroatoms. The maximum Gasteiger partial charge on any atom is 0.246 e. The summed E-state index contributed by atoms with van der Waals surface area (Å²) in [7, 11) is 1.68. The van der Waals surface area contributed by atoms with Crippen LogP contribution in [0.5, 0.6) is 0 Å². The van der Waals surface area contributed by atoms with Crippen LogP contribution in [-0.4, -0.2) is 43.2 Å². The quantitative estimate of drug-likeness (QED) is 0.861. The van der Waals surface area contributed by atoms with Crippen molar-refractivity contribution in [3.05, 3.63) is 41.7 Å². The number of carbonyl (C=O) groups is 1. The zero-order chi connectivity index (χ0) is 15.2. The number of amides is 1. The Bertz CT molecular complexity index is 502. The first kappa shape index (κ1) is 15.7. The fraction of sp³-hybridized carbons (Fsp3) is 0.438. The van der Waals surface area contributed by atoms with E-state index in [1.807, 2.05) is 0 Å². The maximum atomic E-state index is 12.8. The molecule has 0 bridgehead atoms. The Morgan fingerprint density at radius 3 is 2.81 bits per heavy atom. The summed E-state index contributed by atoms with van der Waals surface area (Å²) in [6.45, 7) is 1.07. The van der Waals surface area contributed by atoms with Crippen molar-refractivity contribution in [2.24, 2.45) is 5.73 Å². The fourth-order valence-electron chi connectivity index (χ4n) is 2.58. The third-order valence-corrected chi connectivity index (χ3v) is 3.84. The maximum absolute atomic E-state index is 12.8. The minimum Gasteiger partial charge on any atom is -0.381 e. The molecule has 2 atom stereocenters. The van der Waals surface area contributed by atoms with Gasteiger partial charge in [-0.2, -0.15) is 0 Å². The number of nitrogens with two attached hydrogens (primary N) is 1. The van der Waals surface area contributed by atoms with E-state index in [1.165, 1.54) is 18.2 Å². The molecule has 1 aliphatic heterocycles. The van der Waals surface area contributed by atoms with Gasteiger partial charge in [-0.1, -0.05) is 12.1 Å². The second-order valence-electron chi connectivity index (χ2n) is 5.19. The Morgan fingerprint density at radius 2 is 2.19 bits per heavy atom. The van der Waals surface area contributed by atoms with E-state index in [0.717, 1.165) is 18.4 Å². The molecule has 1 saturated heterocycles. The summed E-state index contributed by atoms with van der Waals surface area (Å²) < 4.78 is 18.2. The normalized spacial score (nSPS) is 22.7. The van der Waals surface area contributed by atoms with E-state index in [1.54, 1.807) is 30.2 Å². The summed E-state index contributed by atoms with van der Waals surface area (Å²) in [5, 5.41) is 0. The highest BCUT2D eigenvalue weighted by atomic mass is 19.1. The van der Waals surface area contributed by atoms with Crippen LogP contribution >= 0.6 is 0 Å². The van der Waals surface area contributed by atoms with E-state index in [2.05, 4.69) is 0 Å². The number of hydrogen-bond donors (Lipinski definition) is 1. The van der Waals surface area contributed by atoms with Crippen LogP contribution in [0, 0.1) is 5.82 Å². The van der Waals surface area contributed by atoms with Crippen LogP contribution in [0.3, 0.4) is 0 Å². The average molecular weight is 292 g/mol. The zero-order valence-corrected chi connectivity index (χ0v) is 12.2. The minimum absolute atomic E-state index is 0.00840. The number of nitrogens with zero attached hydrogens (tertiary/aromatic N) is 1. The highest BCUT2D eigenvalue weighted by Crippen LogP contribution is 2.19. The number of halogens is 1. The van der Waals surface area contributed by atoms with Crippen LogP contribution in [0.1, 0.15) is 18.4 Å². The molecule has 0 spiro atoms. The van der Waals surface area contributed by atoms with Crippen molar-refractivity contribution in [3.8, 4) is 0 Å². The van der Waals surface area contributed by atoms with E-state index in [4.69, 9.17) is 10.5 Å². The third kappa shape index (κ3) is 4.12. The Kier molecular flexibility index (Phi) is 5.47. The summed E-state index contributed by atoms with van der Waals surface area (Å²) in [6.07, 6.45) is 4.97. The predicted octanol–water partition coefficient (Wildman–Crippen LogP) is 1.80. The highest BCUT2D eigenvalue weighted by Gasteiger charge is 2.29. The number of hydrogen-bond acceptors (Lipinski definition) is 3. The number of piperidine rings is 1. The molecule has 1 aromatic carbocycles. The van der Waals surface area contributed by atoms with Crippen LogP contribution in [0.2, 0.25) is 0 Å². The lowest BCUT2D eigenvalue weighted by Crippen LogP contribution is -2.50. The lowest BCUT2D eigenvalue weighted by atomic mass is 9.99. The first-order valence-electron chi connectivity index (χ1n) is 7.11. The lowest BCUT2D eigenvalue weighted by molar-refractivity contribution is -0.131. The van der Waals surface area contributed by atoms with Gasteiger partial charge in [-0.05, 0) is 36.6 Å². The molecule has 1 heterocycles. The molecular weight excluding hydrogens is 271 g/mol. The average Bonchev–Trinajstić information content (AvgIpc) is 2.53. The van der Waals surface area contributed by atoms with Gasteiger partial charge in [-0.15, -0.1) is 0 Å². The molecular formula is C16H21FN2O2. The number of benzene rings is 1. The van der Waals surface area contributed by atoms with Crippen LogP contribution in [0.15, 0.2) is 30.3 Å². The van der Waals surface area contributed by atoms with Crippen molar-refractivity contribution >= 4 is 12.0 Å². The molecule has 1 aliphatic rings. The van der Waals surface area contributed by atoms with Gasteiger partial charge in [0.1, 0.15) is 5.82 Å². The topological polar surface area (TPSA) is 55.6 Å². The lowest BCUT2D eigenvalue weighted by Gasteiger charge is -2.37. The molecule has 21 heavy (non-hydrogen) atoms. The van der Waals surface area contributed by atoms with Crippen molar-refractivity contribution in [2.75, 3.05) is 20.2 Å². The molecule has 1 amide bonds. The molecule has 4 nitrogen and oxygen atoms in total. The Balaban J connectivity index is 2.00. The van der Waals surface area contributed by atoms with Crippen LogP contribution < -0.4 is 5.73 Å². The molecule has 1 fully saturated rings. The van der Waals surface area contributed by atoms with E-state index < -0.39 is 0 Å². The first-order chi connectivity index (χ1) is 10.1. The van der Waals surface area contributed by atoms with E-state index in [-0.39, 0.29) is 23.9 Å². The molecule has 114 valence electrons. The van der Waals surface area contributed by atoms with Gasteiger partial charge in [0.2, 0.25) is 5.91 Å². The van der Waals surface area contributed by atoms with Gasteiger partial charge in [-0.3, -0.25) is 4.79 Å². The van der Waals surface area contributed by atoms with Crippen LogP contribution in [0.25, 0.3) is 6.08 Å². The van der Waals surface area contributed by atoms with Crippen molar-refractivity contribution in [1.82, 2.24) is 4.90 Å². The summed E-state index contributed by atoms with van der Waals surface area (Å²) in [5.41, 5.74) is 6.55. The number of ether oxygens (including phenoxy) is 1. The summed E-state index contributed by atoms with van der Waals surface area (Å²) in [5.74, 6) is -0.354. The van der Waals surface area contributed by atoms with Gasteiger partial charge in [0, 0.05) is 32.3 Å². The number of rotatable bonds is 4. The largest absolute Gasteiger partial charge is 0.381 e. The smallest absolute Gasteiger partial charge is 0.246 e. The summed E-state index contributed by atoms with van der Waals surface area (Å²) in [4.78, 5) is 14.1. The Labute approximate surface area is 124 Å². The van der Waals surface area contributed by atoms with Crippen molar-refractivity contribution in [2.45, 2.75) is 25.0 Å². The van der Waals surface area contributed by atoms with Crippen LogP contribution in [0.4, 0.5) is 4.39 Å². The van der Waals surface area contributed by atoms with Gasteiger partial charge >= 0.3 is 0 Å². The fourth-order valence-corrected chi connectivity index (χ4v) is 2.58. The molecule has 2 rings (SSSR count). The zero-order valence-electron chi connectivity index (χ0n) is 12.2. The van der Waals surface area contributed by atoms with Gasteiger partial charge in [0.15, 0.2) is 0 Å². The summed E-state index contributed by atoms with van der Waals surface area (Å²) >= 11 is 0.